The molecule has 0 aliphatic rings. The molecule has 3 aromatic rings. The van der Waals surface area contributed by atoms with Gasteiger partial charge in [0.15, 0.2) is 23.9 Å². The minimum Gasteiger partial charge on any atom is -0.493 e. The standard InChI is InChI=1S/C24H22O5/c1-17(25)21-12-13-22(23(14-21)27-2)28-16-24(26)29-15-18-8-10-20(11-9-18)19-6-4-3-5-7-19/h3-14H,15-16H2,1-2H3. The van der Waals surface area contributed by atoms with Gasteiger partial charge in [-0.25, -0.2) is 4.79 Å². The molecule has 0 fully saturated rings. The third-order valence-electron chi connectivity index (χ3n) is 4.38. The second-order valence-corrected chi connectivity index (χ2v) is 6.43. The molecule has 3 aromatic carbocycles. The van der Waals surface area contributed by atoms with Crippen molar-refractivity contribution >= 4 is 11.8 Å². The van der Waals surface area contributed by atoms with Crippen LogP contribution in [-0.4, -0.2) is 25.5 Å². The Bertz CT molecular complexity index is 978. The first-order valence-corrected chi connectivity index (χ1v) is 9.18. The molecule has 148 valence electrons. The minimum atomic E-state index is -0.491. The van der Waals surface area contributed by atoms with Crippen LogP contribution in [0.2, 0.25) is 0 Å². The van der Waals surface area contributed by atoms with Crippen LogP contribution in [-0.2, 0) is 16.1 Å². The van der Waals surface area contributed by atoms with Gasteiger partial charge in [-0.3, -0.25) is 4.79 Å². The number of rotatable bonds is 8. The van der Waals surface area contributed by atoms with Gasteiger partial charge in [0.1, 0.15) is 6.61 Å². The van der Waals surface area contributed by atoms with Gasteiger partial charge >= 0.3 is 5.97 Å². The molecule has 5 nitrogen and oxygen atoms in total. The summed E-state index contributed by atoms with van der Waals surface area (Å²) in [5.74, 6) is 0.200. The highest BCUT2D eigenvalue weighted by Crippen LogP contribution is 2.28. The molecule has 0 radical (unpaired) electrons. The maximum Gasteiger partial charge on any atom is 0.344 e. The second kappa shape index (κ2) is 9.55. The quantitative estimate of drug-likeness (QED) is 0.413. The first-order valence-electron chi connectivity index (χ1n) is 9.18. The number of hydrogen-bond acceptors (Lipinski definition) is 5. The maximum atomic E-state index is 12.0. The monoisotopic (exact) mass is 390 g/mol. The summed E-state index contributed by atoms with van der Waals surface area (Å²) in [7, 11) is 1.48. The average Bonchev–Trinajstić information content (AvgIpc) is 2.77. The number of carbonyl (C=O) groups is 2. The van der Waals surface area contributed by atoms with Gasteiger partial charge in [0, 0.05) is 5.56 Å². The third kappa shape index (κ3) is 5.45. The number of esters is 1. The molecule has 0 amide bonds. The van der Waals surface area contributed by atoms with Gasteiger partial charge in [0.2, 0.25) is 0 Å². The van der Waals surface area contributed by atoms with E-state index >= 15 is 0 Å². The predicted molar refractivity (Wildman–Crippen MR) is 110 cm³/mol. The lowest BCUT2D eigenvalue weighted by Gasteiger charge is -2.11. The van der Waals surface area contributed by atoms with Crippen molar-refractivity contribution in [3.8, 4) is 22.6 Å². The fourth-order valence-corrected chi connectivity index (χ4v) is 2.77. The molecule has 0 spiro atoms. The predicted octanol–water partition coefficient (Wildman–Crippen LogP) is 4.69. The van der Waals surface area contributed by atoms with Crippen LogP contribution in [0.4, 0.5) is 0 Å². The number of hydrogen-bond donors (Lipinski definition) is 0. The number of Topliss-reactive ketones (excluding diaryl/α,β-unsaturated/α-hetero) is 1. The van der Waals surface area contributed by atoms with Gasteiger partial charge < -0.3 is 14.2 Å². The van der Waals surface area contributed by atoms with E-state index in [-0.39, 0.29) is 19.0 Å². The zero-order valence-corrected chi connectivity index (χ0v) is 16.4. The summed E-state index contributed by atoms with van der Waals surface area (Å²) in [6.07, 6.45) is 0. The zero-order chi connectivity index (χ0) is 20.6. The average molecular weight is 390 g/mol. The van der Waals surface area contributed by atoms with Crippen LogP contribution >= 0.6 is 0 Å². The molecule has 0 saturated carbocycles. The molecule has 0 aromatic heterocycles. The molecular formula is C24H22O5. The van der Waals surface area contributed by atoms with Crippen molar-refractivity contribution in [2.24, 2.45) is 0 Å². The van der Waals surface area contributed by atoms with E-state index in [9.17, 15) is 9.59 Å². The fraction of sp³-hybridized carbons (Fsp3) is 0.167. The molecule has 0 bridgehead atoms. The zero-order valence-electron chi connectivity index (χ0n) is 16.4. The Morgan fingerprint density at radius 2 is 1.52 bits per heavy atom. The molecule has 0 N–H and O–H groups in total. The molecule has 0 aliphatic heterocycles. The van der Waals surface area contributed by atoms with Crippen LogP contribution < -0.4 is 9.47 Å². The Morgan fingerprint density at radius 1 is 0.828 bits per heavy atom. The van der Waals surface area contributed by atoms with Gasteiger partial charge in [-0.15, -0.1) is 0 Å². The Balaban J connectivity index is 1.52. The number of carbonyl (C=O) groups excluding carboxylic acids is 2. The van der Waals surface area contributed by atoms with Crippen LogP contribution in [0.25, 0.3) is 11.1 Å². The van der Waals surface area contributed by atoms with Crippen molar-refractivity contribution in [2.45, 2.75) is 13.5 Å². The SMILES string of the molecule is COc1cc(C(C)=O)ccc1OCC(=O)OCc1ccc(-c2ccccc2)cc1. The van der Waals surface area contributed by atoms with E-state index in [1.165, 1.54) is 14.0 Å². The first kappa shape index (κ1) is 20.1. The number of ketones is 1. The summed E-state index contributed by atoms with van der Waals surface area (Å²) in [6.45, 7) is 1.38. The molecule has 0 heterocycles. The Morgan fingerprint density at radius 3 is 2.17 bits per heavy atom. The Hall–Kier alpha value is -3.60. The Labute approximate surface area is 169 Å². The van der Waals surface area contributed by atoms with Crippen molar-refractivity contribution in [3.05, 3.63) is 83.9 Å². The van der Waals surface area contributed by atoms with Crippen molar-refractivity contribution in [1.82, 2.24) is 0 Å². The summed E-state index contributed by atoms with van der Waals surface area (Å²) < 4.78 is 16.0. The van der Waals surface area contributed by atoms with E-state index in [2.05, 4.69) is 0 Å². The van der Waals surface area contributed by atoms with Gasteiger partial charge in [-0.05, 0) is 41.8 Å². The summed E-state index contributed by atoms with van der Waals surface area (Å²) in [5.41, 5.74) is 3.64. The molecule has 0 saturated heterocycles. The molecule has 3 rings (SSSR count). The van der Waals surface area contributed by atoms with Crippen molar-refractivity contribution in [1.29, 1.82) is 0 Å². The normalized spacial score (nSPS) is 10.3. The molecule has 29 heavy (non-hydrogen) atoms. The van der Waals surface area contributed by atoms with Gasteiger partial charge in [0.25, 0.3) is 0 Å². The van der Waals surface area contributed by atoms with E-state index in [4.69, 9.17) is 14.2 Å². The maximum absolute atomic E-state index is 12.0. The van der Waals surface area contributed by atoms with E-state index in [0.29, 0.717) is 17.1 Å². The lowest BCUT2D eigenvalue weighted by Crippen LogP contribution is -2.15. The highest BCUT2D eigenvalue weighted by Gasteiger charge is 2.11. The fourth-order valence-electron chi connectivity index (χ4n) is 2.77. The van der Waals surface area contributed by atoms with E-state index in [0.717, 1.165) is 16.7 Å². The second-order valence-electron chi connectivity index (χ2n) is 6.43. The van der Waals surface area contributed by atoms with Crippen LogP contribution in [0.5, 0.6) is 11.5 Å². The van der Waals surface area contributed by atoms with Crippen LogP contribution in [0.15, 0.2) is 72.8 Å². The number of benzene rings is 3. The Kier molecular flexibility index (Phi) is 6.63. The largest absolute Gasteiger partial charge is 0.493 e. The summed E-state index contributed by atoms with van der Waals surface area (Å²) in [6, 6.07) is 22.7. The summed E-state index contributed by atoms with van der Waals surface area (Å²) in [5, 5.41) is 0. The van der Waals surface area contributed by atoms with Crippen molar-refractivity contribution in [2.75, 3.05) is 13.7 Å². The van der Waals surface area contributed by atoms with Crippen LogP contribution in [0, 0.1) is 0 Å². The van der Waals surface area contributed by atoms with E-state index < -0.39 is 5.97 Å². The number of ether oxygens (including phenoxy) is 3. The van der Waals surface area contributed by atoms with Gasteiger partial charge in [-0.2, -0.15) is 0 Å². The summed E-state index contributed by atoms with van der Waals surface area (Å²) in [4.78, 5) is 23.5. The third-order valence-corrected chi connectivity index (χ3v) is 4.38. The van der Waals surface area contributed by atoms with Crippen molar-refractivity contribution < 1.29 is 23.8 Å². The van der Waals surface area contributed by atoms with Gasteiger partial charge in [0.05, 0.1) is 7.11 Å². The molecule has 0 aliphatic carbocycles. The van der Waals surface area contributed by atoms with Crippen LogP contribution in [0.3, 0.4) is 0 Å². The summed E-state index contributed by atoms with van der Waals surface area (Å²) >= 11 is 0. The lowest BCUT2D eigenvalue weighted by atomic mass is 10.0. The lowest BCUT2D eigenvalue weighted by molar-refractivity contribution is -0.147. The minimum absolute atomic E-state index is 0.0763. The van der Waals surface area contributed by atoms with Crippen LogP contribution in [0.1, 0.15) is 22.8 Å². The molecule has 5 heteroatoms. The smallest absolute Gasteiger partial charge is 0.344 e. The first-order chi connectivity index (χ1) is 14.1. The molecule has 0 unspecified atom stereocenters. The van der Waals surface area contributed by atoms with E-state index in [1.807, 2.05) is 54.6 Å². The van der Waals surface area contributed by atoms with Gasteiger partial charge in [-0.1, -0.05) is 54.6 Å². The molecular weight excluding hydrogens is 368 g/mol. The van der Waals surface area contributed by atoms with Crippen molar-refractivity contribution in [3.63, 3.8) is 0 Å². The highest BCUT2D eigenvalue weighted by molar-refractivity contribution is 5.94. The molecule has 0 atom stereocenters. The highest BCUT2D eigenvalue weighted by atomic mass is 16.6. The topological polar surface area (TPSA) is 61.8 Å². The van der Waals surface area contributed by atoms with E-state index in [1.54, 1.807) is 18.2 Å². The number of methoxy groups -OCH3 is 1.